The Morgan fingerprint density at radius 1 is 0.741 bits per heavy atom. The molecule has 2 aromatic heterocycles. The molecular weight excluding hydrogens is 352 g/mol. The highest BCUT2D eigenvalue weighted by Gasteiger charge is 2.41. The van der Waals surface area contributed by atoms with Crippen LogP contribution in [0.15, 0.2) is 60.9 Å². The topological polar surface area (TPSA) is 79.2 Å². The minimum absolute atomic E-state index is 0.886. The lowest BCUT2D eigenvalue weighted by atomic mass is 10.00. The third-order valence-electron chi connectivity index (χ3n) is 5.04. The first-order chi connectivity index (χ1) is 13.0. The molecule has 2 N–H and O–H groups in total. The van der Waals surface area contributed by atoms with Crippen LogP contribution in [0.25, 0.3) is 21.8 Å². The van der Waals surface area contributed by atoms with E-state index in [1.54, 1.807) is 0 Å². The van der Waals surface area contributed by atoms with Crippen molar-refractivity contribution in [3.63, 3.8) is 0 Å². The van der Waals surface area contributed by atoms with Gasteiger partial charge in [-0.2, -0.15) is 10.5 Å². The van der Waals surface area contributed by atoms with Gasteiger partial charge in [-0.25, -0.2) is 0 Å². The third kappa shape index (κ3) is 2.68. The van der Waals surface area contributed by atoms with Gasteiger partial charge in [-0.15, -0.1) is 11.8 Å². The molecule has 2 heterocycles. The largest absolute Gasteiger partial charge is 0.361 e. The fraction of sp³-hybridized carbons (Fsp3) is 0.182. The van der Waals surface area contributed by atoms with Crippen molar-refractivity contribution in [2.45, 2.75) is 23.3 Å². The van der Waals surface area contributed by atoms with E-state index in [9.17, 15) is 10.5 Å². The Morgan fingerprint density at radius 2 is 1.15 bits per heavy atom. The quantitative estimate of drug-likeness (QED) is 0.493. The lowest BCUT2D eigenvalue weighted by Gasteiger charge is -2.30. The number of hydrogen-bond acceptors (Lipinski definition) is 3. The van der Waals surface area contributed by atoms with E-state index >= 15 is 0 Å². The summed E-state index contributed by atoms with van der Waals surface area (Å²) in [7, 11) is 0. The zero-order valence-corrected chi connectivity index (χ0v) is 15.9. The summed E-state index contributed by atoms with van der Waals surface area (Å²) in [6.45, 7) is 3.77. The molecule has 0 radical (unpaired) electrons. The van der Waals surface area contributed by atoms with Gasteiger partial charge < -0.3 is 9.97 Å². The molecule has 27 heavy (non-hydrogen) atoms. The molecule has 4 aromatic rings. The van der Waals surface area contributed by atoms with Crippen LogP contribution in [0, 0.1) is 22.7 Å². The van der Waals surface area contributed by atoms with Gasteiger partial charge in [0.15, 0.2) is 0 Å². The predicted molar refractivity (Wildman–Crippen MR) is 110 cm³/mol. The molecule has 0 spiro atoms. The molecule has 0 bridgehead atoms. The Kier molecular flexibility index (Phi) is 3.98. The molecule has 0 aliphatic carbocycles. The van der Waals surface area contributed by atoms with Crippen LogP contribution in [0.5, 0.6) is 0 Å². The van der Waals surface area contributed by atoms with Crippen molar-refractivity contribution in [1.82, 2.24) is 9.97 Å². The number of para-hydroxylation sites is 2. The highest BCUT2D eigenvalue weighted by atomic mass is 32.2. The maximum atomic E-state index is 10.1. The number of H-pyrrole nitrogens is 2. The molecule has 132 valence electrons. The van der Waals surface area contributed by atoms with E-state index in [0.29, 0.717) is 0 Å². The first-order valence-electron chi connectivity index (χ1n) is 8.66. The van der Waals surface area contributed by atoms with Crippen LogP contribution in [-0.2, 0) is 9.49 Å². The number of hydrogen-bond donors (Lipinski definition) is 2. The molecular formula is C22H18N4S. The van der Waals surface area contributed by atoms with Gasteiger partial charge >= 0.3 is 0 Å². The van der Waals surface area contributed by atoms with Crippen LogP contribution in [-0.4, -0.2) is 9.97 Å². The zero-order chi connectivity index (χ0) is 19.1. The number of rotatable bonds is 4. The number of nitrogens with one attached hydrogen (secondary N) is 2. The lowest BCUT2D eigenvalue weighted by Crippen LogP contribution is -2.25. The molecule has 0 saturated heterocycles. The summed E-state index contributed by atoms with van der Waals surface area (Å²) < 4.78 is -1.77. The van der Waals surface area contributed by atoms with Crippen molar-refractivity contribution in [3.05, 3.63) is 72.1 Å². The highest BCUT2D eigenvalue weighted by Crippen LogP contribution is 2.51. The summed E-state index contributed by atoms with van der Waals surface area (Å²) in [6, 6.07) is 20.8. The minimum Gasteiger partial charge on any atom is -0.361 e. The monoisotopic (exact) mass is 370 g/mol. The average molecular weight is 370 g/mol. The molecule has 0 amide bonds. The molecule has 0 aliphatic heterocycles. The third-order valence-corrected chi connectivity index (χ3v) is 6.48. The van der Waals surface area contributed by atoms with Gasteiger partial charge in [0.05, 0.1) is 12.1 Å². The Morgan fingerprint density at radius 3 is 1.56 bits per heavy atom. The van der Waals surface area contributed by atoms with Gasteiger partial charge in [0.2, 0.25) is 0 Å². The van der Waals surface area contributed by atoms with Crippen LogP contribution >= 0.6 is 11.8 Å². The molecule has 5 heteroatoms. The number of thioether (sulfide) groups is 1. The average Bonchev–Trinajstić information content (AvgIpc) is 3.32. The second-order valence-corrected chi connectivity index (χ2v) is 8.73. The van der Waals surface area contributed by atoms with Crippen LogP contribution in [0.1, 0.15) is 25.0 Å². The van der Waals surface area contributed by atoms with Crippen molar-refractivity contribution in [2.24, 2.45) is 0 Å². The predicted octanol–water partition coefficient (Wildman–Crippen LogP) is 5.56. The van der Waals surface area contributed by atoms with Gasteiger partial charge in [0.25, 0.3) is 0 Å². The summed E-state index contributed by atoms with van der Waals surface area (Å²) in [5.41, 5.74) is 3.76. The van der Waals surface area contributed by atoms with E-state index in [1.165, 1.54) is 11.8 Å². The Balaban J connectivity index is 1.84. The second kappa shape index (κ2) is 6.23. The Hall–Kier alpha value is -3.15. The SMILES string of the molecule is CC(C#N)(SC(C)(C#N)c1c[nH]c2ccccc12)c1c[nH]c2ccccc12. The minimum atomic E-state index is -0.886. The van der Waals surface area contributed by atoms with Crippen LogP contribution in [0.2, 0.25) is 0 Å². The first kappa shape index (κ1) is 17.3. The van der Waals surface area contributed by atoms with E-state index in [4.69, 9.17) is 0 Å². The molecule has 0 fully saturated rings. The van der Waals surface area contributed by atoms with E-state index in [2.05, 4.69) is 22.1 Å². The standard InChI is InChI=1S/C22H18N4S/c1-21(13-23,17-11-25-19-9-5-3-7-15(17)19)27-22(2,14-24)18-12-26-20-10-6-4-8-16(18)20/h3-12,25-26H,1-2H3. The van der Waals surface area contributed by atoms with Gasteiger partial charge in [-0.1, -0.05) is 36.4 Å². The number of aromatic nitrogens is 2. The van der Waals surface area contributed by atoms with Crippen LogP contribution < -0.4 is 0 Å². The molecule has 0 saturated carbocycles. The van der Waals surface area contributed by atoms with Crippen molar-refractivity contribution >= 4 is 33.6 Å². The maximum Gasteiger partial charge on any atom is 0.128 e. The van der Waals surface area contributed by atoms with Crippen LogP contribution in [0.3, 0.4) is 0 Å². The van der Waals surface area contributed by atoms with Crippen LogP contribution in [0.4, 0.5) is 0 Å². The van der Waals surface area contributed by atoms with Gasteiger partial charge in [0.1, 0.15) is 9.49 Å². The number of nitriles is 2. The molecule has 0 aliphatic rings. The van der Waals surface area contributed by atoms with Gasteiger partial charge in [-0.3, -0.25) is 0 Å². The second-order valence-electron chi connectivity index (χ2n) is 6.89. The van der Waals surface area contributed by atoms with E-state index in [0.717, 1.165) is 32.9 Å². The summed E-state index contributed by atoms with van der Waals surface area (Å²) >= 11 is 1.38. The summed E-state index contributed by atoms with van der Waals surface area (Å²) in [6.07, 6.45) is 3.77. The summed E-state index contributed by atoms with van der Waals surface area (Å²) in [4.78, 5) is 6.49. The number of benzene rings is 2. The van der Waals surface area contributed by atoms with Crippen molar-refractivity contribution in [2.75, 3.05) is 0 Å². The summed E-state index contributed by atoms with van der Waals surface area (Å²) in [5.74, 6) is 0. The fourth-order valence-corrected chi connectivity index (χ4v) is 5.08. The van der Waals surface area contributed by atoms with E-state index < -0.39 is 9.49 Å². The fourth-order valence-electron chi connectivity index (χ4n) is 3.62. The molecule has 2 aromatic carbocycles. The molecule has 4 rings (SSSR count). The van der Waals surface area contributed by atoms with Crippen molar-refractivity contribution in [1.29, 1.82) is 10.5 Å². The number of aromatic amines is 2. The number of fused-ring (bicyclic) bond motifs is 2. The summed E-state index contributed by atoms with van der Waals surface area (Å²) in [5, 5.41) is 22.2. The van der Waals surface area contributed by atoms with Crippen molar-refractivity contribution in [3.8, 4) is 12.1 Å². The molecule has 2 atom stereocenters. The smallest absolute Gasteiger partial charge is 0.128 e. The van der Waals surface area contributed by atoms with Gasteiger partial charge in [-0.05, 0) is 26.0 Å². The Labute approximate surface area is 161 Å². The maximum absolute atomic E-state index is 10.1. The normalized spacial score (nSPS) is 15.7. The molecule has 4 nitrogen and oxygen atoms in total. The van der Waals surface area contributed by atoms with Crippen molar-refractivity contribution < 1.29 is 0 Å². The first-order valence-corrected chi connectivity index (χ1v) is 9.48. The molecule has 2 unspecified atom stereocenters. The van der Waals surface area contributed by atoms with E-state index in [-0.39, 0.29) is 0 Å². The number of nitrogens with zero attached hydrogens (tertiary/aromatic N) is 2. The highest BCUT2D eigenvalue weighted by molar-refractivity contribution is 8.01. The van der Waals surface area contributed by atoms with Gasteiger partial charge in [0, 0.05) is 45.3 Å². The zero-order valence-electron chi connectivity index (χ0n) is 15.1. The van der Waals surface area contributed by atoms with E-state index in [1.807, 2.05) is 74.8 Å². The Bertz CT molecular complexity index is 1130. The lowest BCUT2D eigenvalue weighted by molar-refractivity contribution is 0.838.